The summed E-state index contributed by atoms with van der Waals surface area (Å²) in [6.07, 6.45) is 0. The summed E-state index contributed by atoms with van der Waals surface area (Å²) in [5, 5.41) is 2.71. The Morgan fingerprint density at radius 3 is 2.80 bits per heavy atom. The van der Waals surface area contributed by atoms with Crippen LogP contribution in [0.3, 0.4) is 0 Å². The first kappa shape index (κ1) is 10.1. The van der Waals surface area contributed by atoms with Crippen molar-refractivity contribution in [2.45, 2.75) is 0 Å². The molecule has 2 aromatic carbocycles. The molecule has 15 heavy (non-hydrogen) atoms. The third-order valence-corrected chi connectivity index (χ3v) is 5.22. The van der Waals surface area contributed by atoms with E-state index in [1.165, 1.54) is 28.2 Å². The van der Waals surface area contributed by atoms with Crippen LogP contribution in [0.1, 0.15) is 0 Å². The molecule has 0 nitrogen and oxygen atoms in total. The zero-order valence-corrected chi connectivity index (χ0v) is 12.2. The lowest BCUT2D eigenvalue weighted by Gasteiger charge is -1.93. The molecular formula is C12H6BrIS. The molecule has 0 bridgehead atoms. The van der Waals surface area contributed by atoms with Crippen molar-refractivity contribution in [1.29, 1.82) is 0 Å². The fraction of sp³-hybridized carbons (Fsp3) is 0. The van der Waals surface area contributed by atoms with E-state index in [1.54, 1.807) is 0 Å². The van der Waals surface area contributed by atoms with Gasteiger partial charge in [-0.05, 0) is 62.8 Å². The fourth-order valence-corrected chi connectivity index (χ4v) is 3.92. The summed E-state index contributed by atoms with van der Waals surface area (Å²) < 4.78 is 5.18. The van der Waals surface area contributed by atoms with Gasteiger partial charge in [0.1, 0.15) is 0 Å². The molecule has 0 radical (unpaired) electrons. The average Bonchev–Trinajstić information content (AvgIpc) is 2.58. The second-order valence-corrected chi connectivity index (χ2v) is 6.51. The largest absolute Gasteiger partial charge is 0.134 e. The van der Waals surface area contributed by atoms with Crippen LogP contribution in [0.2, 0.25) is 0 Å². The first-order valence-electron chi connectivity index (χ1n) is 4.52. The molecule has 0 fully saturated rings. The van der Waals surface area contributed by atoms with Crippen molar-refractivity contribution in [3.05, 3.63) is 44.4 Å². The van der Waals surface area contributed by atoms with Gasteiger partial charge >= 0.3 is 0 Å². The van der Waals surface area contributed by atoms with Gasteiger partial charge in [-0.15, -0.1) is 11.3 Å². The molecule has 0 aliphatic rings. The van der Waals surface area contributed by atoms with E-state index in [2.05, 4.69) is 74.9 Å². The van der Waals surface area contributed by atoms with E-state index < -0.39 is 0 Å². The molecule has 0 unspecified atom stereocenters. The Kier molecular flexibility index (Phi) is 2.49. The number of hydrogen-bond donors (Lipinski definition) is 0. The van der Waals surface area contributed by atoms with Gasteiger partial charge in [-0.25, -0.2) is 0 Å². The van der Waals surface area contributed by atoms with E-state index in [4.69, 9.17) is 0 Å². The minimum atomic E-state index is 1.19. The Bertz CT molecular complexity index is 657. The van der Waals surface area contributed by atoms with Crippen molar-refractivity contribution in [2.75, 3.05) is 0 Å². The Labute approximate surface area is 114 Å². The highest BCUT2D eigenvalue weighted by molar-refractivity contribution is 14.1. The molecule has 0 aliphatic carbocycles. The molecule has 0 saturated heterocycles. The van der Waals surface area contributed by atoms with E-state index in [0.29, 0.717) is 0 Å². The quantitative estimate of drug-likeness (QED) is 0.451. The maximum absolute atomic E-state index is 3.60. The Morgan fingerprint density at radius 1 is 1.07 bits per heavy atom. The standard InChI is InChI=1S/C12H6BrIS/c13-10-3-1-2-8-9-6-7(14)4-5-11(9)15-12(8)10/h1-6H. The van der Waals surface area contributed by atoms with E-state index in [0.717, 1.165) is 0 Å². The summed E-state index contributed by atoms with van der Waals surface area (Å²) in [7, 11) is 0. The first-order valence-corrected chi connectivity index (χ1v) is 7.21. The number of fused-ring (bicyclic) bond motifs is 3. The Hall–Kier alpha value is -0.130. The smallest absolute Gasteiger partial charge is 0.0497 e. The van der Waals surface area contributed by atoms with Crippen molar-refractivity contribution < 1.29 is 0 Å². The highest BCUT2D eigenvalue weighted by Crippen LogP contribution is 2.38. The minimum absolute atomic E-state index is 1.19. The number of rotatable bonds is 0. The van der Waals surface area contributed by atoms with Crippen LogP contribution in [0.4, 0.5) is 0 Å². The molecule has 0 saturated carbocycles. The van der Waals surface area contributed by atoms with Crippen LogP contribution in [0.25, 0.3) is 20.2 Å². The van der Waals surface area contributed by atoms with Gasteiger partial charge in [-0.3, -0.25) is 0 Å². The monoisotopic (exact) mass is 388 g/mol. The highest BCUT2D eigenvalue weighted by Gasteiger charge is 2.06. The van der Waals surface area contributed by atoms with Crippen molar-refractivity contribution in [3.8, 4) is 0 Å². The third kappa shape index (κ3) is 1.61. The zero-order chi connectivity index (χ0) is 10.4. The molecule has 0 amide bonds. The number of hydrogen-bond acceptors (Lipinski definition) is 1. The highest BCUT2D eigenvalue weighted by atomic mass is 127. The van der Waals surface area contributed by atoms with E-state index in [1.807, 2.05) is 11.3 Å². The predicted molar refractivity (Wildman–Crippen MR) is 79.7 cm³/mol. The summed E-state index contributed by atoms with van der Waals surface area (Å²) in [6, 6.07) is 13.0. The lowest BCUT2D eigenvalue weighted by Crippen LogP contribution is -1.69. The van der Waals surface area contributed by atoms with Gasteiger partial charge in [0.25, 0.3) is 0 Å². The molecule has 1 aromatic heterocycles. The van der Waals surface area contributed by atoms with Gasteiger partial charge in [0.05, 0.1) is 0 Å². The Morgan fingerprint density at radius 2 is 1.93 bits per heavy atom. The van der Waals surface area contributed by atoms with Crippen molar-refractivity contribution in [1.82, 2.24) is 0 Å². The van der Waals surface area contributed by atoms with Crippen molar-refractivity contribution in [2.24, 2.45) is 0 Å². The lowest BCUT2D eigenvalue weighted by molar-refractivity contribution is 1.76. The van der Waals surface area contributed by atoms with E-state index >= 15 is 0 Å². The van der Waals surface area contributed by atoms with Gasteiger partial charge < -0.3 is 0 Å². The minimum Gasteiger partial charge on any atom is -0.134 e. The van der Waals surface area contributed by atoms with Crippen LogP contribution in [-0.4, -0.2) is 0 Å². The van der Waals surface area contributed by atoms with Crippen molar-refractivity contribution in [3.63, 3.8) is 0 Å². The molecule has 0 atom stereocenters. The van der Waals surface area contributed by atoms with Crippen LogP contribution in [0.5, 0.6) is 0 Å². The molecule has 74 valence electrons. The zero-order valence-electron chi connectivity index (χ0n) is 7.63. The SMILES string of the molecule is Brc1cccc2c1sc1ccc(I)cc12. The second kappa shape index (κ2) is 3.71. The second-order valence-electron chi connectivity index (χ2n) is 3.36. The number of thiophene rings is 1. The van der Waals surface area contributed by atoms with Crippen LogP contribution >= 0.6 is 49.9 Å². The van der Waals surface area contributed by atoms with Gasteiger partial charge in [-0.1, -0.05) is 12.1 Å². The molecule has 0 N–H and O–H groups in total. The van der Waals surface area contributed by atoms with E-state index in [9.17, 15) is 0 Å². The van der Waals surface area contributed by atoms with Crippen LogP contribution < -0.4 is 0 Å². The number of benzene rings is 2. The summed E-state index contributed by atoms with van der Waals surface area (Å²) >= 11 is 7.81. The molecule has 3 aromatic rings. The topological polar surface area (TPSA) is 0 Å². The van der Waals surface area contributed by atoms with Gasteiger partial charge in [-0.2, -0.15) is 0 Å². The van der Waals surface area contributed by atoms with Crippen LogP contribution in [0.15, 0.2) is 40.9 Å². The third-order valence-electron chi connectivity index (χ3n) is 2.41. The van der Waals surface area contributed by atoms with Crippen LogP contribution in [-0.2, 0) is 0 Å². The molecule has 3 heteroatoms. The predicted octanol–water partition coefficient (Wildman–Crippen LogP) is 5.42. The Balaban J connectivity index is 2.58. The molecule has 0 spiro atoms. The summed E-state index contributed by atoms with van der Waals surface area (Å²) in [5.41, 5.74) is 0. The van der Waals surface area contributed by atoms with Gasteiger partial charge in [0, 0.05) is 28.2 Å². The van der Waals surface area contributed by atoms with Gasteiger partial charge in [0.15, 0.2) is 0 Å². The first-order chi connectivity index (χ1) is 7.25. The normalized spacial score (nSPS) is 11.3. The summed E-state index contributed by atoms with van der Waals surface area (Å²) in [4.78, 5) is 0. The molecular weight excluding hydrogens is 383 g/mol. The fourth-order valence-electron chi connectivity index (χ4n) is 1.74. The summed E-state index contributed by atoms with van der Waals surface area (Å²) in [6.45, 7) is 0. The maximum Gasteiger partial charge on any atom is 0.0497 e. The van der Waals surface area contributed by atoms with Crippen LogP contribution in [0, 0.1) is 3.57 Å². The van der Waals surface area contributed by atoms with Gasteiger partial charge in [0.2, 0.25) is 0 Å². The van der Waals surface area contributed by atoms with Crippen molar-refractivity contribution >= 4 is 70.0 Å². The molecule has 1 heterocycles. The molecule has 0 aliphatic heterocycles. The average molecular weight is 389 g/mol. The summed E-state index contributed by atoms with van der Waals surface area (Å²) in [5.74, 6) is 0. The lowest BCUT2D eigenvalue weighted by atomic mass is 10.2. The number of halogens is 2. The molecule has 3 rings (SSSR count). The maximum atomic E-state index is 3.60. The van der Waals surface area contributed by atoms with E-state index in [-0.39, 0.29) is 0 Å².